The lowest BCUT2D eigenvalue weighted by molar-refractivity contribution is -0.0753. The Morgan fingerprint density at radius 3 is 3.00 bits per heavy atom. The summed E-state index contributed by atoms with van der Waals surface area (Å²) in [7, 11) is 0. The molecular formula is C19H24N4O2. The third-order valence-corrected chi connectivity index (χ3v) is 5.29. The van der Waals surface area contributed by atoms with Gasteiger partial charge in [0.05, 0.1) is 36.2 Å². The lowest BCUT2D eigenvalue weighted by atomic mass is 9.89. The van der Waals surface area contributed by atoms with Crippen molar-refractivity contribution in [3.63, 3.8) is 0 Å². The quantitative estimate of drug-likeness (QED) is 0.862. The number of rotatable bonds is 3. The van der Waals surface area contributed by atoms with Crippen molar-refractivity contribution in [1.29, 1.82) is 0 Å². The van der Waals surface area contributed by atoms with E-state index < -0.39 is 0 Å². The Balaban J connectivity index is 1.65. The first kappa shape index (κ1) is 16.3. The molecule has 1 aliphatic carbocycles. The Kier molecular flexibility index (Phi) is 4.53. The Hall–Kier alpha value is -2.21. The van der Waals surface area contributed by atoms with E-state index in [-0.39, 0.29) is 18.1 Å². The largest absolute Gasteiger partial charge is 0.374 e. The predicted molar refractivity (Wildman–Crippen MR) is 93.8 cm³/mol. The highest BCUT2D eigenvalue weighted by Crippen LogP contribution is 2.30. The van der Waals surface area contributed by atoms with E-state index in [1.807, 2.05) is 23.1 Å². The van der Waals surface area contributed by atoms with Crippen molar-refractivity contribution in [2.24, 2.45) is 0 Å². The van der Waals surface area contributed by atoms with Crippen LogP contribution in [-0.2, 0) is 11.2 Å². The van der Waals surface area contributed by atoms with Crippen LogP contribution in [-0.4, -0.2) is 50.9 Å². The summed E-state index contributed by atoms with van der Waals surface area (Å²) in [6.45, 7) is 3.34. The van der Waals surface area contributed by atoms with Gasteiger partial charge in [-0.3, -0.25) is 4.79 Å². The fourth-order valence-corrected chi connectivity index (χ4v) is 4.07. The Bertz CT molecular complexity index is 741. The molecule has 0 bridgehead atoms. The molecule has 1 saturated carbocycles. The molecule has 2 aromatic heterocycles. The molecule has 2 fully saturated rings. The molecule has 1 amide bonds. The number of morpholine rings is 1. The van der Waals surface area contributed by atoms with Crippen molar-refractivity contribution in [2.45, 2.75) is 51.2 Å². The second-order valence-electron chi connectivity index (χ2n) is 6.72. The highest BCUT2D eigenvalue weighted by atomic mass is 16.5. The van der Waals surface area contributed by atoms with E-state index >= 15 is 0 Å². The molecule has 2 aromatic rings. The first-order valence-electron chi connectivity index (χ1n) is 9.20. The minimum atomic E-state index is 0.0826. The summed E-state index contributed by atoms with van der Waals surface area (Å²) in [4.78, 5) is 19.7. The molecule has 2 atom stereocenters. The van der Waals surface area contributed by atoms with Crippen LogP contribution in [0, 0.1) is 0 Å². The summed E-state index contributed by atoms with van der Waals surface area (Å²) in [5.41, 5.74) is 1.61. The van der Waals surface area contributed by atoms with Gasteiger partial charge in [-0.15, -0.1) is 0 Å². The Labute approximate surface area is 147 Å². The highest BCUT2D eigenvalue weighted by molar-refractivity contribution is 5.95. The fourth-order valence-electron chi connectivity index (χ4n) is 4.07. The molecule has 2 unspecified atom stereocenters. The van der Waals surface area contributed by atoms with Gasteiger partial charge in [0.2, 0.25) is 0 Å². The molecule has 2 aliphatic rings. The van der Waals surface area contributed by atoms with Crippen LogP contribution in [0.2, 0.25) is 0 Å². The molecule has 6 heteroatoms. The van der Waals surface area contributed by atoms with Crippen LogP contribution in [0.1, 0.15) is 48.7 Å². The maximum atomic E-state index is 13.3. The van der Waals surface area contributed by atoms with Gasteiger partial charge in [-0.2, -0.15) is 5.10 Å². The molecule has 132 valence electrons. The van der Waals surface area contributed by atoms with Gasteiger partial charge in [-0.25, -0.2) is 9.67 Å². The second-order valence-corrected chi connectivity index (χ2v) is 6.72. The Morgan fingerprint density at radius 1 is 1.32 bits per heavy atom. The lowest BCUT2D eigenvalue weighted by Crippen LogP contribution is -2.54. The van der Waals surface area contributed by atoms with E-state index in [4.69, 9.17) is 4.74 Å². The van der Waals surface area contributed by atoms with Crippen LogP contribution in [0.5, 0.6) is 0 Å². The normalized spacial score (nSPS) is 23.3. The van der Waals surface area contributed by atoms with Gasteiger partial charge < -0.3 is 9.64 Å². The van der Waals surface area contributed by atoms with Gasteiger partial charge in [0.1, 0.15) is 0 Å². The van der Waals surface area contributed by atoms with Crippen LogP contribution in [0.15, 0.2) is 30.6 Å². The van der Waals surface area contributed by atoms with Crippen molar-refractivity contribution in [3.8, 4) is 5.82 Å². The van der Waals surface area contributed by atoms with Gasteiger partial charge in [-0.05, 0) is 31.4 Å². The lowest BCUT2D eigenvalue weighted by Gasteiger charge is -2.43. The van der Waals surface area contributed by atoms with E-state index in [1.54, 1.807) is 17.1 Å². The maximum Gasteiger partial charge on any atom is 0.257 e. The van der Waals surface area contributed by atoms with E-state index in [9.17, 15) is 4.79 Å². The van der Waals surface area contributed by atoms with Crippen molar-refractivity contribution in [2.75, 3.05) is 13.2 Å². The van der Waals surface area contributed by atoms with E-state index in [2.05, 4.69) is 17.0 Å². The average molecular weight is 340 g/mol. The number of pyridine rings is 1. The topological polar surface area (TPSA) is 60.3 Å². The van der Waals surface area contributed by atoms with Crippen molar-refractivity contribution >= 4 is 5.91 Å². The number of nitrogens with zero attached hydrogens (tertiary/aromatic N) is 4. The maximum absolute atomic E-state index is 13.3. The van der Waals surface area contributed by atoms with Crippen molar-refractivity contribution in [1.82, 2.24) is 19.7 Å². The van der Waals surface area contributed by atoms with Crippen LogP contribution >= 0.6 is 0 Å². The third kappa shape index (κ3) is 2.95. The molecule has 1 saturated heterocycles. The zero-order valence-electron chi connectivity index (χ0n) is 14.6. The summed E-state index contributed by atoms with van der Waals surface area (Å²) in [6, 6.07) is 5.92. The number of amides is 1. The van der Waals surface area contributed by atoms with E-state index in [1.165, 1.54) is 12.8 Å². The Morgan fingerprint density at radius 2 is 2.20 bits per heavy atom. The number of aromatic nitrogens is 3. The number of carbonyl (C=O) groups excluding carboxylic acids is 1. The molecule has 0 aromatic carbocycles. The van der Waals surface area contributed by atoms with Gasteiger partial charge >= 0.3 is 0 Å². The van der Waals surface area contributed by atoms with Gasteiger partial charge in [0.15, 0.2) is 5.82 Å². The summed E-state index contributed by atoms with van der Waals surface area (Å²) in [6.07, 6.45) is 8.83. The number of fused-ring (bicyclic) bond motifs is 1. The zero-order valence-corrected chi connectivity index (χ0v) is 14.6. The summed E-state index contributed by atoms with van der Waals surface area (Å²) < 4.78 is 7.69. The molecule has 4 rings (SSSR count). The molecule has 1 aliphatic heterocycles. The molecule has 3 heterocycles. The second kappa shape index (κ2) is 6.96. The number of ether oxygens (including phenoxy) is 1. The summed E-state index contributed by atoms with van der Waals surface area (Å²) in [5.74, 6) is 0.829. The predicted octanol–water partition coefficient (Wildman–Crippen LogP) is 2.61. The van der Waals surface area contributed by atoms with Crippen LogP contribution in [0.4, 0.5) is 0 Å². The van der Waals surface area contributed by atoms with Gasteiger partial charge in [0.25, 0.3) is 5.91 Å². The minimum absolute atomic E-state index is 0.0826. The molecule has 0 N–H and O–H groups in total. The van der Waals surface area contributed by atoms with Gasteiger partial charge in [0, 0.05) is 12.7 Å². The van der Waals surface area contributed by atoms with E-state index in [0.29, 0.717) is 18.7 Å². The average Bonchev–Trinajstić information content (AvgIpc) is 3.11. The smallest absolute Gasteiger partial charge is 0.257 e. The van der Waals surface area contributed by atoms with E-state index in [0.717, 1.165) is 30.8 Å². The first-order valence-corrected chi connectivity index (χ1v) is 9.20. The van der Waals surface area contributed by atoms with Crippen molar-refractivity contribution in [3.05, 3.63) is 41.9 Å². The summed E-state index contributed by atoms with van der Waals surface area (Å²) in [5, 5.41) is 4.45. The molecular weight excluding hydrogens is 316 g/mol. The molecule has 25 heavy (non-hydrogen) atoms. The van der Waals surface area contributed by atoms with Gasteiger partial charge in [-0.1, -0.05) is 25.8 Å². The molecule has 6 nitrogen and oxygen atoms in total. The van der Waals surface area contributed by atoms with Crippen LogP contribution < -0.4 is 0 Å². The number of hydrogen-bond donors (Lipinski definition) is 0. The molecule has 0 radical (unpaired) electrons. The van der Waals surface area contributed by atoms with Crippen LogP contribution in [0.3, 0.4) is 0 Å². The standard InChI is InChI=1S/C19H24N4O2/c1-2-15-14(13-21-23(15)18-9-5-6-10-20-18)19(24)22-11-12-25-17-8-4-3-7-16(17)22/h5-6,9-10,13,16-17H,2-4,7-8,11-12H2,1H3. The summed E-state index contributed by atoms with van der Waals surface area (Å²) >= 11 is 0. The van der Waals surface area contributed by atoms with Crippen LogP contribution in [0.25, 0.3) is 5.82 Å². The monoisotopic (exact) mass is 340 g/mol. The SMILES string of the molecule is CCc1c(C(=O)N2CCOC3CCCCC32)cnn1-c1ccccn1. The third-order valence-electron chi connectivity index (χ3n) is 5.29. The number of carbonyl (C=O) groups is 1. The number of hydrogen-bond acceptors (Lipinski definition) is 4. The fraction of sp³-hybridized carbons (Fsp3) is 0.526. The van der Waals surface area contributed by atoms with Crippen molar-refractivity contribution < 1.29 is 9.53 Å². The highest BCUT2D eigenvalue weighted by Gasteiger charge is 2.38. The first-order chi connectivity index (χ1) is 12.3. The molecule has 0 spiro atoms. The zero-order chi connectivity index (χ0) is 17.2. The minimum Gasteiger partial charge on any atom is -0.374 e.